The fraction of sp³-hybridized carbons (Fsp3) is 0.750. The van der Waals surface area contributed by atoms with Crippen LogP contribution in [0.2, 0.25) is 0 Å². The van der Waals surface area contributed by atoms with Gasteiger partial charge in [-0.1, -0.05) is 12.2 Å². The van der Waals surface area contributed by atoms with Crippen LogP contribution in [0.5, 0.6) is 0 Å². The van der Waals surface area contributed by atoms with E-state index in [1.54, 1.807) is 0 Å². The van der Waals surface area contributed by atoms with Gasteiger partial charge >= 0.3 is 0 Å². The van der Waals surface area contributed by atoms with Crippen molar-refractivity contribution in [3.63, 3.8) is 0 Å². The summed E-state index contributed by atoms with van der Waals surface area (Å²) in [5.74, 6) is 0. The fourth-order valence-corrected chi connectivity index (χ4v) is 1.08. The molecule has 0 radical (unpaired) electrons. The zero-order chi connectivity index (χ0) is 7.23. The van der Waals surface area contributed by atoms with Crippen LogP contribution in [0.1, 0.15) is 19.3 Å². The number of aliphatic hydroxyl groups is 1. The van der Waals surface area contributed by atoms with Gasteiger partial charge in [-0.2, -0.15) is 0 Å². The van der Waals surface area contributed by atoms with Crippen LogP contribution in [0.4, 0.5) is 0 Å². The van der Waals surface area contributed by atoms with E-state index in [4.69, 9.17) is 9.84 Å². The van der Waals surface area contributed by atoms with Crippen molar-refractivity contribution < 1.29 is 9.84 Å². The van der Waals surface area contributed by atoms with Crippen molar-refractivity contribution in [1.29, 1.82) is 0 Å². The number of hydrogen-bond acceptors (Lipinski definition) is 2. The van der Waals surface area contributed by atoms with Crippen LogP contribution in [0, 0.1) is 0 Å². The molecule has 0 bridgehead atoms. The van der Waals surface area contributed by atoms with E-state index in [-0.39, 0.29) is 6.61 Å². The predicted octanol–water partition coefficient (Wildman–Crippen LogP) is 1.10. The summed E-state index contributed by atoms with van der Waals surface area (Å²) in [6.45, 7) is 1.14. The number of aliphatic hydroxyl groups excluding tert-OH is 1. The van der Waals surface area contributed by atoms with E-state index >= 15 is 0 Å². The first kappa shape index (κ1) is 7.76. The van der Waals surface area contributed by atoms with Crippen LogP contribution in [0.3, 0.4) is 0 Å². The molecule has 1 saturated heterocycles. The first-order valence-electron chi connectivity index (χ1n) is 3.82. The smallest absolute Gasteiger partial charge is 0.0756 e. The molecule has 0 aliphatic carbocycles. The quantitative estimate of drug-likeness (QED) is 0.598. The van der Waals surface area contributed by atoms with E-state index in [2.05, 4.69) is 0 Å². The fourth-order valence-electron chi connectivity index (χ4n) is 1.08. The lowest BCUT2D eigenvalue weighted by molar-refractivity contribution is 0.145. The second-order valence-corrected chi connectivity index (χ2v) is 2.49. The Morgan fingerprint density at radius 2 is 2.50 bits per heavy atom. The molecule has 1 aliphatic heterocycles. The van der Waals surface area contributed by atoms with Gasteiger partial charge in [-0.3, -0.25) is 0 Å². The number of ether oxygens (including phenoxy) is 1. The van der Waals surface area contributed by atoms with Gasteiger partial charge < -0.3 is 9.84 Å². The highest BCUT2D eigenvalue weighted by Gasteiger charge is 2.10. The van der Waals surface area contributed by atoms with Crippen molar-refractivity contribution in [2.24, 2.45) is 0 Å². The molecule has 1 fully saturated rings. The lowest BCUT2D eigenvalue weighted by Gasteiger charge is -1.99. The molecule has 10 heavy (non-hydrogen) atoms. The average molecular weight is 142 g/mol. The Bertz CT molecular complexity index is 104. The minimum atomic E-state index is 0.239. The van der Waals surface area contributed by atoms with Gasteiger partial charge in [0.2, 0.25) is 0 Å². The highest BCUT2D eigenvalue weighted by atomic mass is 16.5. The topological polar surface area (TPSA) is 29.5 Å². The molecule has 1 atom stereocenters. The summed E-state index contributed by atoms with van der Waals surface area (Å²) in [5, 5.41) is 8.45. The monoisotopic (exact) mass is 142 g/mol. The van der Waals surface area contributed by atoms with Crippen LogP contribution in [-0.2, 0) is 4.74 Å². The molecule has 0 aromatic heterocycles. The normalized spacial score (nSPS) is 26.3. The highest BCUT2D eigenvalue weighted by Crippen LogP contribution is 2.12. The summed E-state index contributed by atoms with van der Waals surface area (Å²) in [7, 11) is 0. The molecule has 2 nitrogen and oxygen atoms in total. The Morgan fingerprint density at radius 1 is 1.60 bits per heavy atom. The average Bonchev–Trinajstić information content (AvgIpc) is 2.41. The molecule has 1 N–H and O–H groups in total. The number of rotatable bonds is 3. The van der Waals surface area contributed by atoms with Gasteiger partial charge in [0, 0.05) is 13.2 Å². The molecule has 0 amide bonds. The van der Waals surface area contributed by atoms with Gasteiger partial charge in [0.1, 0.15) is 0 Å². The van der Waals surface area contributed by atoms with E-state index in [1.807, 2.05) is 12.2 Å². The maximum Gasteiger partial charge on any atom is 0.0756 e. The first-order chi connectivity index (χ1) is 4.93. The van der Waals surface area contributed by atoms with Gasteiger partial charge in [-0.25, -0.2) is 0 Å². The molecular formula is C8H14O2. The molecule has 1 rings (SSSR count). The minimum Gasteiger partial charge on any atom is -0.396 e. The summed E-state index contributed by atoms with van der Waals surface area (Å²) in [6.07, 6.45) is 7.42. The zero-order valence-electron chi connectivity index (χ0n) is 6.12. The highest BCUT2D eigenvalue weighted by molar-refractivity contribution is 4.91. The van der Waals surface area contributed by atoms with Crippen LogP contribution in [0.25, 0.3) is 0 Å². The summed E-state index contributed by atoms with van der Waals surface area (Å²) in [5.41, 5.74) is 0. The molecule has 2 heteroatoms. The van der Waals surface area contributed by atoms with Crippen LogP contribution >= 0.6 is 0 Å². The molecule has 0 spiro atoms. The summed E-state index contributed by atoms with van der Waals surface area (Å²) in [6, 6.07) is 0. The van der Waals surface area contributed by atoms with E-state index < -0.39 is 0 Å². The van der Waals surface area contributed by atoms with Gasteiger partial charge in [0.05, 0.1) is 6.10 Å². The SMILES string of the molecule is OCCC=CC1CCCO1. The van der Waals surface area contributed by atoms with Crippen molar-refractivity contribution in [2.45, 2.75) is 25.4 Å². The Labute approximate surface area is 61.5 Å². The van der Waals surface area contributed by atoms with Crippen LogP contribution in [0.15, 0.2) is 12.2 Å². The van der Waals surface area contributed by atoms with Gasteiger partial charge in [-0.05, 0) is 19.3 Å². The van der Waals surface area contributed by atoms with Crippen molar-refractivity contribution in [3.8, 4) is 0 Å². The third-order valence-electron chi connectivity index (χ3n) is 1.61. The molecular weight excluding hydrogens is 128 g/mol. The molecule has 1 heterocycles. The van der Waals surface area contributed by atoms with Crippen LogP contribution in [-0.4, -0.2) is 24.4 Å². The van der Waals surface area contributed by atoms with Gasteiger partial charge in [0.25, 0.3) is 0 Å². The third kappa shape index (κ3) is 2.50. The summed E-state index contributed by atoms with van der Waals surface area (Å²) >= 11 is 0. The molecule has 58 valence electrons. The lowest BCUT2D eigenvalue weighted by Crippen LogP contribution is -1.98. The van der Waals surface area contributed by atoms with Crippen molar-refractivity contribution in [1.82, 2.24) is 0 Å². The Morgan fingerprint density at radius 3 is 3.10 bits per heavy atom. The second-order valence-electron chi connectivity index (χ2n) is 2.49. The van der Waals surface area contributed by atoms with E-state index in [9.17, 15) is 0 Å². The Kier molecular flexibility index (Phi) is 3.47. The summed E-state index contributed by atoms with van der Waals surface area (Å²) < 4.78 is 5.33. The predicted molar refractivity (Wildman–Crippen MR) is 39.8 cm³/mol. The molecule has 1 unspecified atom stereocenters. The zero-order valence-corrected chi connectivity index (χ0v) is 6.12. The standard InChI is InChI=1S/C8H14O2/c9-6-2-1-4-8-5-3-7-10-8/h1,4,8-9H,2-3,5-7H2. The maximum atomic E-state index is 8.45. The van der Waals surface area contributed by atoms with Crippen molar-refractivity contribution >= 4 is 0 Å². The molecule has 0 aromatic carbocycles. The largest absolute Gasteiger partial charge is 0.396 e. The van der Waals surface area contributed by atoms with Gasteiger partial charge in [0.15, 0.2) is 0 Å². The van der Waals surface area contributed by atoms with Gasteiger partial charge in [-0.15, -0.1) is 0 Å². The lowest BCUT2D eigenvalue weighted by atomic mass is 10.2. The Balaban J connectivity index is 2.10. The summed E-state index contributed by atoms with van der Waals surface area (Å²) in [4.78, 5) is 0. The van der Waals surface area contributed by atoms with E-state index in [1.165, 1.54) is 6.42 Å². The first-order valence-corrected chi connectivity index (χ1v) is 3.82. The van der Waals surface area contributed by atoms with Crippen LogP contribution < -0.4 is 0 Å². The van der Waals surface area contributed by atoms with Crippen molar-refractivity contribution in [3.05, 3.63) is 12.2 Å². The number of hydrogen-bond donors (Lipinski definition) is 1. The van der Waals surface area contributed by atoms with Crippen molar-refractivity contribution in [2.75, 3.05) is 13.2 Å². The third-order valence-corrected chi connectivity index (χ3v) is 1.61. The second kappa shape index (κ2) is 4.47. The maximum absolute atomic E-state index is 8.45. The molecule has 0 aromatic rings. The molecule has 0 saturated carbocycles. The van der Waals surface area contributed by atoms with E-state index in [0.29, 0.717) is 6.10 Å². The molecule has 1 aliphatic rings. The minimum absolute atomic E-state index is 0.239. The van der Waals surface area contributed by atoms with E-state index in [0.717, 1.165) is 19.4 Å². The Hall–Kier alpha value is -0.340.